The zero-order valence-corrected chi connectivity index (χ0v) is 12.9. The molecule has 1 aromatic rings. The topological polar surface area (TPSA) is 98.9 Å². The standard InChI is InChI=1S/C13H20N2O5S/c1-3-19-13(16)10-15(2)21(17,18)9-8-20-12-6-4-11(14)5-7-12/h4-7H,3,8-10,14H2,1-2H3. The number of nitrogens with zero attached hydrogens (tertiary/aromatic N) is 1. The van der Waals surface area contributed by atoms with Crippen LogP contribution in [0.5, 0.6) is 5.75 Å². The Morgan fingerprint density at radius 3 is 2.48 bits per heavy atom. The monoisotopic (exact) mass is 316 g/mol. The zero-order valence-electron chi connectivity index (χ0n) is 12.1. The van der Waals surface area contributed by atoms with Crippen LogP contribution in [-0.2, 0) is 19.6 Å². The van der Waals surface area contributed by atoms with Gasteiger partial charge in [0.25, 0.3) is 0 Å². The molecule has 0 atom stereocenters. The number of sulfonamides is 1. The molecule has 8 heteroatoms. The average Bonchev–Trinajstić information content (AvgIpc) is 2.41. The zero-order chi connectivity index (χ0) is 15.9. The fourth-order valence-electron chi connectivity index (χ4n) is 1.47. The van der Waals surface area contributed by atoms with E-state index in [0.29, 0.717) is 11.4 Å². The Labute approximate surface area is 124 Å². The molecule has 0 aliphatic heterocycles. The highest BCUT2D eigenvalue weighted by Gasteiger charge is 2.21. The van der Waals surface area contributed by atoms with Gasteiger partial charge in [-0.05, 0) is 31.2 Å². The molecule has 0 unspecified atom stereocenters. The van der Waals surface area contributed by atoms with Crippen molar-refractivity contribution in [3.8, 4) is 5.75 Å². The minimum Gasteiger partial charge on any atom is -0.492 e. The van der Waals surface area contributed by atoms with E-state index in [1.54, 1.807) is 31.2 Å². The maximum atomic E-state index is 11.9. The molecule has 0 fully saturated rings. The molecule has 0 aromatic heterocycles. The third-order valence-corrected chi connectivity index (χ3v) is 4.38. The Balaban J connectivity index is 2.45. The molecule has 0 radical (unpaired) electrons. The molecule has 21 heavy (non-hydrogen) atoms. The predicted octanol–water partition coefficient (Wildman–Crippen LogP) is 0.472. The average molecular weight is 316 g/mol. The molecule has 1 rings (SSSR count). The fourth-order valence-corrected chi connectivity index (χ4v) is 2.38. The van der Waals surface area contributed by atoms with E-state index in [2.05, 4.69) is 0 Å². The summed E-state index contributed by atoms with van der Waals surface area (Å²) in [6.07, 6.45) is 0. The summed E-state index contributed by atoms with van der Waals surface area (Å²) >= 11 is 0. The molecular weight excluding hydrogens is 296 g/mol. The first-order valence-corrected chi connectivity index (χ1v) is 8.04. The first-order valence-electron chi connectivity index (χ1n) is 6.43. The Hall–Kier alpha value is -1.80. The lowest BCUT2D eigenvalue weighted by Gasteiger charge is -2.16. The summed E-state index contributed by atoms with van der Waals surface area (Å²) in [5.41, 5.74) is 6.13. The summed E-state index contributed by atoms with van der Waals surface area (Å²) < 4.78 is 34.8. The minimum absolute atomic E-state index is 0.0145. The minimum atomic E-state index is -3.57. The van der Waals surface area contributed by atoms with Crippen molar-refractivity contribution >= 4 is 21.7 Å². The first-order chi connectivity index (χ1) is 9.85. The van der Waals surface area contributed by atoms with Crippen molar-refractivity contribution < 1.29 is 22.7 Å². The number of ether oxygens (including phenoxy) is 2. The Morgan fingerprint density at radius 2 is 1.90 bits per heavy atom. The first kappa shape index (κ1) is 17.3. The summed E-state index contributed by atoms with van der Waals surface area (Å²) in [6, 6.07) is 6.64. The third kappa shape index (κ3) is 6.01. The molecule has 7 nitrogen and oxygen atoms in total. The van der Waals surface area contributed by atoms with Crippen molar-refractivity contribution in [3.63, 3.8) is 0 Å². The highest BCUT2D eigenvalue weighted by atomic mass is 32.2. The van der Waals surface area contributed by atoms with Gasteiger partial charge in [0.1, 0.15) is 18.9 Å². The highest BCUT2D eigenvalue weighted by molar-refractivity contribution is 7.89. The van der Waals surface area contributed by atoms with E-state index < -0.39 is 16.0 Å². The van der Waals surface area contributed by atoms with E-state index in [1.165, 1.54) is 7.05 Å². The van der Waals surface area contributed by atoms with E-state index in [1.807, 2.05) is 0 Å². The summed E-state index contributed by atoms with van der Waals surface area (Å²) in [5, 5.41) is 0. The van der Waals surface area contributed by atoms with Crippen LogP contribution in [0.4, 0.5) is 5.69 Å². The Morgan fingerprint density at radius 1 is 1.29 bits per heavy atom. The summed E-state index contributed by atoms with van der Waals surface area (Å²) in [4.78, 5) is 11.3. The number of carbonyl (C=O) groups excluding carboxylic acids is 1. The van der Waals surface area contributed by atoms with Gasteiger partial charge in [0.2, 0.25) is 10.0 Å². The van der Waals surface area contributed by atoms with Crippen molar-refractivity contribution in [2.24, 2.45) is 0 Å². The van der Waals surface area contributed by atoms with E-state index in [9.17, 15) is 13.2 Å². The molecule has 0 heterocycles. The number of hydrogen-bond acceptors (Lipinski definition) is 6. The molecule has 0 aliphatic rings. The van der Waals surface area contributed by atoms with Crippen LogP contribution in [0.2, 0.25) is 0 Å². The number of nitrogen functional groups attached to an aromatic ring is 1. The van der Waals surface area contributed by atoms with Gasteiger partial charge >= 0.3 is 5.97 Å². The highest BCUT2D eigenvalue weighted by Crippen LogP contribution is 2.13. The van der Waals surface area contributed by atoms with Crippen LogP contribution in [0.1, 0.15) is 6.92 Å². The lowest BCUT2D eigenvalue weighted by molar-refractivity contribution is -0.143. The van der Waals surface area contributed by atoms with Crippen molar-refractivity contribution in [3.05, 3.63) is 24.3 Å². The van der Waals surface area contributed by atoms with Gasteiger partial charge in [-0.1, -0.05) is 0 Å². The molecule has 0 amide bonds. The number of likely N-dealkylation sites (N-methyl/N-ethyl adjacent to an activating group) is 1. The number of anilines is 1. The summed E-state index contributed by atoms with van der Waals surface area (Å²) in [6.45, 7) is 1.55. The van der Waals surface area contributed by atoms with E-state index >= 15 is 0 Å². The molecular formula is C13H20N2O5S. The number of hydrogen-bond donors (Lipinski definition) is 1. The van der Waals surface area contributed by atoms with Crippen molar-refractivity contribution in [1.82, 2.24) is 4.31 Å². The van der Waals surface area contributed by atoms with Crippen LogP contribution in [-0.4, -0.2) is 51.3 Å². The van der Waals surface area contributed by atoms with Crippen molar-refractivity contribution in [1.29, 1.82) is 0 Å². The molecule has 2 N–H and O–H groups in total. The molecule has 118 valence electrons. The second-order valence-electron chi connectivity index (χ2n) is 4.29. The van der Waals surface area contributed by atoms with Gasteiger partial charge in [-0.25, -0.2) is 8.42 Å². The quantitative estimate of drug-likeness (QED) is 0.553. The molecule has 1 aromatic carbocycles. The number of nitrogens with two attached hydrogens (primary N) is 1. The number of rotatable bonds is 8. The second-order valence-corrected chi connectivity index (χ2v) is 6.49. The molecule has 0 saturated heterocycles. The van der Waals surface area contributed by atoms with Gasteiger partial charge in [-0.15, -0.1) is 0 Å². The Kier molecular flexibility index (Phi) is 6.44. The van der Waals surface area contributed by atoms with Crippen LogP contribution in [0, 0.1) is 0 Å². The summed E-state index contributed by atoms with van der Waals surface area (Å²) in [7, 11) is -2.24. The SMILES string of the molecule is CCOC(=O)CN(C)S(=O)(=O)CCOc1ccc(N)cc1. The normalized spacial score (nSPS) is 11.4. The maximum absolute atomic E-state index is 11.9. The number of carbonyl (C=O) groups is 1. The van der Waals surface area contributed by atoms with Crippen LogP contribution >= 0.6 is 0 Å². The fraction of sp³-hybridized carbons (Fsp3) is 0.462. The summed E-state index contributed by atoms with van der Waals surface area (Å²) in [5.74, 6) is -0.275. The predicted molar refractivity (Wildman–Crippen MR) is 79.4 cm³/mol. The smallest absolute Gasteiger partial charge is 0.321 e. The molecule has 0 bridgehead atoms. The van der Waals surface area contributed by atoms with Gasteiger partial charge in [0.05, 0.1) is 12.4 Å². The van der Waals surface area contributed by atoms with E-state index in [-0.39, 0.29) is 25.5 Å². The maximum Gasteiger partial charge on any atom is 0.321 e. The Bertz CT molecular complexity index is 556. The van der Waals surface area contributed by atoms with Gasteiger partial charge in [-0.3, -0.25) is 4.79 Å². The van der Waals surface area contributed by atoms with Gasteiger partial charge < -0.3 is 15.2 Å². The largest absolute Gasteiger partial charge is 0.492 e. The van der Waals surface area contributed by atoms with Crippen molar-refractivity contribution in [2.45, 2.75) is 6.92 Å². The van der Waals surface area contributed by atoms with E-state index in [0.717, 1.165) is 4.31 Å². The van der Waals surface area contributed by atoms with Crippen LogP contribution in [0.25, 0.3) is 0 Å². The lowest BCUT2D eigenvalue weighted by Crippen LogP contribution is -2.36. The molecule has 0 spiro atoms. The van der Waals surface area contributed by atoms with Crippen molar-refractivity contribution in [2.75, 3.05) is 38.3 Å². The number of esters is 1. The molecule has 0 saturated carbocycles. The van der Waals surface area contributed by atoms with Crippen LogP contribution in [0.3, 0.4) is 0 Å². The third-order valence-electron chi connectivity index (χ3n) is 2.62. The van der Waals surface area contributed by atoms with Gasteiger partial charge in [-0.2, -0.15) is 4.31 Å². The lowest BCUT2D eigenvalue weighted by atomic mass is 10.3. The molecule has 0 aliphatic carbocycles. The number of benzene rings is 1. The van der Waals surface area contributed by atoms with Gasteiger partial charge in [0, 0.05) is 12.7 Å². The van der Waals surface area contributed by atoms with Crippen LogP contribution < -0.4 is 10.5 Å². The van der Waals surface area contributed by atoms with Gasteiger partial charge in [0.15, 0.2) is 0 Å². The van der Waals surface area contributed by atoms with E-state index in [4.69, 9.17) is 15.2 Å². The second kappa shape index (κ2) is 7.84. The van der Waals surface area contributed by atoms with Crippen LogP contribution in [0.15, 0.2) is 24.3 Å².